The summed E-state index contributed by atoms with van der Waals surface area (Å²) in [6, 6.07) is 4.63. The largest absolute Gasteiger partial charge is 0.508 e. The Kier molecular flexibility index (Phi) is 3.67. The molecule has 1 aromatic rings. The van der Waals surface area contributed by atoms with E-state index in [9.17, 15) is 8.42 Å². The fraction of sp³-hybridized carbons (Fsp3) is 0.333. The predicted octanol–water partition coefficient (Wildman–Crippen LogP) is 0.0513. The zero-order chi connectivity index (χ0) is 11.5. The van der Waals surface area contributed by atoms with E-state index in [4.69, 9.17) is 10.2 Å². The molecule has 0 radical (unpaired) electrons. The van der Waals surface area contributed by atoms with Crippen LogP contribution in [0.5, 0.6) is 5.75 Å². The predicted molar refractivity (Wildman–Crippen MR) is 55.0 cm³/mol. The van der Waals surface area contributed by atoms with E-state index in [0.29, 0.717) is 0 Å². The number of nitrogens with one attached hydrogen (secondary N) is 1. The van der Waals surface area contributed by atoms with Gasteiger partial charge in [-0.25, -0.2) is 13.1 Å². The molecule has 1 unspecified atom stereocenters. The van der Waals surface area contributed by atoms with Crippen molar-refractivity contribution in [1.29, 1.82) is 0 Å². The molecule has 0 aliphatic carbocycles. The van der Waals surface area contributed by atoms with E-state index in [1.54, 1.807) is 6.92 Å². The Morgan fingerprint density at radius 1 is 1.33 bits per heavy atom. The first kappa shape index (κ1) is 12.0. The van der Waals surface area contributed by atoms with Crippen molar-refractivity contribution in [3.05, 3.63) is 24.3 Å². The molecule has 0 aromatic heterocycles. The molecule has 0 amide bonds. The molecule has 0 spiro atoms. The molecule has 1 atom stereocenters. The molecule has 0 bridgehead atoms. The van der Waals surface area contributed by atoms with Crippen LogP contribution < -0.4 is 4.72 Å². The molecule has 1 aromatic carbocycles. The normalized spacial score (nSPS) is 13.7. The maximum absolute atomic E-state index is 11.6. The lowest BCUT2D eigenvalue weighted by molar-refractivity contribution is 0.265. The summed E-state index contributed by atoms with van der Waals surface area (Å²) in [5.41, 5.74) is 0. The Morgan fingerprint density at radius 2 is 1.87 bits per heavy atom. The summed E-state index contributed by atoms with van der Waals surface area (Å²) < 4.78 is 25.5. The summed E-state index contributed by atoms with van der Waals surface area (Å²) in [6.07, 6.45) is 0. The molecule has 15 heavy (non-hydrogen) atoms. The summed E-state index contributed by atoms with van der Waals surface area (Å²) in [7, 11) is -3.61. The van der Waals surface area contributed by atoms with E-state index in [1.807, 2.05) is 0 Å². The third kappa shape index (κ3) is 3.19. The third-order valence-electron chi connectivity index (χ3n) is 1.78. The van der Waals surface area contributed by atoms with Crippen LogP contribution in [0.3, 0.4) is 0 Å². The van der Waals surface area contributed by atoms with Gasteiger partial charge in [0.25, 0.3) is 0 Å². The van der Waals surface area contributed by atoms with Gasteiger partial charge in [-0.2, -0.15) is 0 Å². The van der Waals surface area contributed by atoms with Crippen LogP contribution in [-0.4, -0.2) is 31.3 Å². The standard InChI is InChI=1S/C9H13NO4S/c1-7(6-11)10-15(13,14)9-4-2-8(12)3-5-9/h2-5,7,10-12H,6H2,1H3. The Hall–Kier alpha value is -1.11. The molecule has 6 heteroatoms. The zero-order valence-corrected chi connectivity index (χ0v) is 9.03. The van der Waals surface area contributed by atoms with Crippen molar-refractivity contribution in [3.63, 3.8) is 0 Å². The lowest BCUT2D eigenvalue weighted by Crippen LogP contribution is -2.34. The van der Waals surface area contributed by atoms with Crippen LogP contribution >= 0.6 is 0 Å². The van der Waals surface area contributed by atoms with Crippen LogP contribution in [0.25, 0.3) is 0 Å². The highest BCUT2D eigenvalue weighted by molar-refractivity contribution is 7.89. The van der Waals surface area contributed by atoms with Gasteiger partial charge in [0.15, 0.2) is 0 Å². The first-order valence-corrected chi connectivity index (χ1v) is 5.86. The van der Waals surface area contributed by atoms with E-state index < -0.39 is 16.1 Å². The monoisotopic (exact) mass is 231 g/mol. The zero-order valence-electron chi connectivity index (χ0n) is 8.21. The topological polar surface area (TPSA) is 86.6 Å². The van der Waals surface area contributed by atoms with E-state index in [0.717, 1.165) is 0 Å². The first-order valence-electron chi connectivity index (χ1n) is 4.38. The molecular formula is C9H13NO4S. The third-order valence-corrected chi connectivity index (χ3v) is 3.38. The van der Waals surface area contributed by atoms with Gasteiger partial charge in [0.2, 0.25) is 10.0 Å². The number of aliphatic hydroxyl groups is 1. The molecule has 0 aliphatic heterocycles. The number of aromatic hydroxyl groups is 1. The summed E-state index contributed by atoms with van der Waals surface area (Å²) >= 11 is 0. The second-order valence-electron chi connectivity index (χ2n) is 3.20. The summed E-state index contributed by atoms with van der Waals surface area (Å²) in [5.74, 6) is 0.00385. The van der Waals surface area contributed by atoms with Crippen molar-refractivity contribution in [1.82, 2.24) is 4.72 Å². The average molecular weight is 231 g/mol. The highest BCUT2D eigenvalue weighted by Gasteiger charge is 2.16. The molecule has 0 saturated carbocycles. The van der Waals surface area contributed by atoms with Gasteiger partial charge < -0.3 is 10.2 Å². The summed E-state index contributed by atoms with van der Waals surface area (Å²) in [6.45, 7) is 1.29. The van der Waals surface area contributed by atoms with Gasteiger partial charge >= 0.3 is 0 Å². The quantitative estimate of drug-likeness (QED) is 0.683. The van der Waals surface area contributed by atoms with Crippen LogP contribution in [0.1, 0.15) is 6.92 Å². The summed E-state index contributed by atoms with van der Waals surface area (Å²) in [5, 5.41) is 17.7. The van der Waals surface area contributed by atoms with Gasteiger partial charge in [0.1, 0.15) is 5.75 Å². The number of benzene rings is 1. The lowest BCUT2D eigenvalue weighted by Gasteiger charge is -2.11. The van der Waals surface area contributed by atoms with Crippen molar-refractivity contribution in [2.24, 2.45) is 0 Å². The molecule has 5 nitrogen and oxygen atoms in total. The molecule has 0 aliphatic rings. The minimum atomic E-state index is -3.61. The van der Waals surface area contributed by atoms with Crippen LogP contribution in [0.15, 0.2) is 29.2 Å². The molecule has 3 N–H and O–H groups in total. The molecule has 0 saturated heterocycles. The number of hydrogen-bond acceptors (Lipinski definition) is 4. The van der Waals surface area contributed by atoms with Crippen molar-refractivity contribution < 1.29 is 18.6 Å². The van der Waals surface area contributed by atoms with Crippen molar-refractivity contribution in [2.75, 3.05) is 6.61 Å². The maximum Gasteiger partial charge on any atom is 0.240 e. The van der Waals surface area contributed by atoms with Crippen LogP contribution in [0.2, 0.25) is 0 Å². The Balaban J connectivity index is 2.91. The highest BCUT2D eigenvalue weighted by atomic mass is 32.2. The fourth-order valence-electron chi connectivity index (χ4n) is 0.995. The minimum absolute atomic E-state index is 0.00385. The van der Waals surface area contributed by atoms with Gasteiger partial charge in [-0.1, -0.05) is 0 Å². The van der Waals surface area contributed by atoms with Gasteiger partial charge in [-0.3, -0.25) is 0 Å². The van der Waals surface area contributed by atoms with E-state index in [-0.39, 0.29) is 17.3 Å². The Morgan fingerprint density at radius 3 is 2.33 bits per heavy atom. The van der Waals surface area contributed by atoms with Gasteiger partial charge in [-0.15, -0.1) is 0 Å². The lowest BCUT2D eigenvalue weighted by atomic mass is 10.3. The average Bonchev–Trinajstić information content (AvgIpc) is 2.17. The maximum atomic E-state index is 11.6. The molecule has 84 valence electrons. The number of rotatable bonds is 4. The number of hydrogen-bond donors (Lipinski definition) is 3. The fourth-order valence-corrected chi connectivity index (χ4v) is 2.23. The Labute approximate surface area is 88.4 Å². The molecule has 1 rings (SSSR count). The number of sulfonamides is 1. The highest BCUT2D eigenvalue weighted by Crippen LogP contribution is 2.14. The van der Waals surface area contributed by atoms with E-state index in [1.165, 1.54) is 24.3 Å². The van der Waals surface area contributed by atoms with E-state index >= 15 is 0 Å². The molecule has 0 fully saturated rings. The second-order valence-corrected chi connectivity index (χ2v) is 4.91. The number of phenolic OH excluding ortho intramolecular Hbond substituents is 1. The van der Waals surface area contributed by atoms with Gasteiger partial charge in [0.05, 0.1) is 11.5 Å². The first-order chi connectivity index (χ1) is 6.95. The van der Waals surface area contributed by atoms with Crippen LogP contribution in [0, 0.1) is 0 Å². The van der Waals surface area contributed by atoms with Crippen molar-refractivity contribution >= 4 is 10.0 Å². The summed E-state index contributed by atoms with van der Waals surface area (Å²) in [4.78, 5) is 0.0561. The van der Waals surface area contributed by atoms with E-state index in [2.05, 4.69) is 4.72 Å². The Bertz CT molecular complexity index is 412. The van der Waals surface area contributed by atoms with Crippen LogP contribution in [-0.2, 0) is 10.0 Å². The smallest absolute Gasteiger partial charge is 0.240 e. The number of aliphatic hydroxyl groups excluding tert-OH is 1. The van der Waals surface area contributed by atoms with Gasteiger partial charge in [0, 0.05) is 6.04 Å². The second kappa shape index (κ2) is 4.61. The van der Waals surface area contributed by atoms with Crippen molar-refractivity contribution in [2.45, 2.75) is 17.9 Å². The molecule has 0 heterocycles. The SMILES string of the molecule is CC(CO)NS(=O)(=O)c1ccc(O)cc1. The van der Waals surface area contributed by atoms with Gasteiger partial charge in [-0.05, 0) is 31.2 Å². The minimum Gasteiger partial charge on any atom is -0.508 e. The molecular weight excluding hydrogens is 218 g/mol. The van der Waals surface area contributed by atoms with Crippen LogP contribution in [0.4, 0.5) is 0 Å². The number of phenols is 1. The van der Waals surface area contributed by atoms with Crippen molar-refractivity contribution in [3.8, 4) is 5.75 Å².